The molecule has 0 unspecified atom stereocenters. The summed E-state index contributed by atoms with van der Waals surface area (Å²) in [4.78, 5) is 22.9. The molecule has 0 saturated carbocycles. The van der Waals surface area contributed by atoms with Crippen LogP contribution in [0.2, 0.25) is 0 Å². The molecule has 0 aromatic heterocycles. The van der Waals surface area contributed by atoms with Gasteiger partial charge in [-0.05, 0) is 36.4 Å². The van der Waals surface area contributed by atoms with Crippen LogP contribution in [0.15, 0.2) is 53.0 Å². The van der Waals surface area contributed by atoms with Crippen LogP contribution in [0.25, 0.3) is 0 Å². The van der Waals surface area contributed by atoms with Crippen molar-refractivity contribution in [1.82, 2.24) is 0 Å². The van der Waals surface area contributed by atoms with Crippen molar-refractivity contribution < 1.29 is 9.59 Å². The average molecular weight is 348 g/mol. The topological polar surface area (TPSA) is 70.2 Å². The molecule has 0 aliphatic carbocycles. The highest BCUT2D eigenvalue weighted by atomic mass is 79.9. The average Bonchev–Trinajstić information content (AvgIpc) is 2.37. The summed E-state index contributed by atoms with van der Waals surface area (Å²) in [7, 11) is 0. The second-order valence-corrected chi connectivity index (χ2v) is 5.27. The van der Waals surface area contributed by atoms with Crippen molar-refractivity contribution >= 4 is 44.9 Å². The number of amides is 3. The van der Waals surface area contributed by atoms with Crippen LogP contribution in [0.1, 0.15) is 6.92 Å². The summed E-state index contributed by atoms with van der Waals surface area (Å²) in [5.41, 5.74) is 1.90. The highest BCUT2D eigenvalue weighted by Crippen LogP contribution is 2.17. The number of nitrogens with one attached hydrogen (secondary N) is 3. The third kappa shape index (κ3) is 4.92. The third-order valence-corrected chi connectivity index (χ3v) is 3.02. The lowest BCUT2D eigenvalue weighted by Crippen LogP contribution is -2.19. The van der Waals surface area contributed by atoms with E-state index < -0.39 is 0 Å². The van der Waals surface area contributed by atoms with Crippen LogP contribution in [0.5, 0.6) is 0 Å². The first kappa shape index (κ1) is 15.1. The number of hydrogen-bond donors (Lipinski definition) is 3. The predicted molar refractivity (Wildman–Crippen MR) is 87.5 cm³/mol. The summed E-state index contributed by atoms with van der Waals surface area (Å²) in [6, 6.07) is 13.9. The predicted octanol–water partition coefficient (Wildman–Crippen LogP) is 4.05. The van der Waals surface area contributed by atoms with E-state index in [0.29, 0.717) is 17.1 Å². The third-order valence-electron chi connectivity index (χ3n) is 2.52. The standard InChI is InChI=1S/C15H14BrN3O2/c1-10(20)17-13-6-3-7-14(9-13)19-15(21)18-12-5-2-4-11(16)8-12/h2-9H,1H3,(H,17,20)(H2,18,19,21). The van der Waals surface area contributed by atoms with Crippen LogP contribution in [0.3, 0.4) is 0 Å². The SMILES string of the molecule is CC(=O)Nc1cccc(NC(=O)Nc2cccc(Br)c2)c1. The molecule has 2 rings (SSSR count). The van der Waals surface area contributed by atoms with Crippen molar-refractivity contribution in [2.75, 3.05) is 16.0 Å². The summed E-state index contributed by atoms with van der Waals surface area (Å²) in [5, 5.41) is 8.09. The zero-order valence-electron chi connectivity index (χ0n) is 11.3. The Labute approximate surface area is 130 Å². The van der Waals surface area contributed by atoms with E-state index in [2.05, 4.69) is 31.9 Å². The number of benzene rings is 2. The van der Waals surface area contributed by atoms with E-state index in [1.165, 1.54) is 6.92 Å². The number of urea groups is 1. The molecule has 6 heteroatoms. The van der Waals surface area contributed by atoms with Gasteiger partial charge in [-0.1, -0.05) is 28.1 Å². The zero-order chi connectivity index (χ0) is 15.2. The molecular formula is C15H14BrN3O2. The van der Waals surface area contributed by atoms with E-state index in [9.17, 15) is 9.59 Å². The second-order valence-electron chi connectivity index (χ2n) is 4.35. The fourth-order valence-electron chi connectivity index (χ4n) is 1.74. The second kappa shape index (κ2) is 6.90. The summed E-state index contributed by atoms with van der Waals surface area (Å²) in [5.74, 6) is -0.161. The van der Waals surface area contributed by atoms with Crippen molar-refractivity contribution in [3.8, 4) is 0 Å². The van der Waals surface area contributed by atoms with E-state index in [0.717, 1.165) is 4.47 Å². The smallest absolute Gasteiger partial charge is 0.323 e. The van der Waals surface area contributed by atoms with Gasteiger partial charge in [0.15, 0.2) is 0 Å². The number of carbonyl (C=O) groups excluding carboxylic acids is 2. The molecule has 108 valence electrons. The van der Waals surface area contributed by atoms with Gasteiger partial charge in [0.2, 0.25) is 5.91 Å². The van der Waals surface area contributed by atoms with Gasteiger partial charge >= 0.3 is 6.03 Å². The van der Waals surface area contributed by atoms with Crippen LogP contribution in [-0.4, -0.2) is 11.9 Å². The molecule has 0 bridgehead atoms. The molecule has 0 atom stereocenters. The monoisotopic (exact) mass is 347 g/mol. The molecule has 0 radical (unpaired) electrons. The zero-order valence-corrected chi connectivity index (χ0v) is 12.9. The Balaban J connectivity index is 2.01. The van der Waals surface area contributed by atoms with E-state index in [1.54, 1.807) is 36.4 Å². The number of anilines is 3. The Morgan fingerprint density at radius 3 is 1.95 bits per heavy atom. The molecule has 3 N–H and O–H groups in total. The van der Waals surface area contributed by atoms with Crippen molar-refractivity contribution in [3.63, 3.8) is 0 Å². The number of halogens is 1. The molecule has 0 aliphatic heterocycles. The molecular weight excluding hydrogens is 334 g/mol. The molecule has 0 spiro atoms. The summed E-state index contributed by atoms with van der Waals surface area (Å²) >= 11 is 3.34. The number of hydrogen-bond acceptors (Lipinski definition) is 2. The fourth-order valence-corrected chi connectivity index (χ4v) is 2.14. The van der Waals surface area contributed by atoms with Gasteiger partial charge in [-0.2, -0.15) is 0 Å². The quantitative estimate of drug-likeness (QED) is 0.783. The van der Waals surface area contributed by atoms with Gasteiger partial charge < -0.3 is 16.0 Å². The van der Waals surface area contributed by atoms with E-state index in [1.807, 2.05) is 12.1 Å². The van der Waals surface area contributed by atoms with Gasteiger partial charge in [-0.15, -0.1) is 0 Å². The minimum Gasteiger partial charge on any atom is -0.326 e. The van der Waals surface area contributed by atoms with Crippen LogP contribution in [-0.2, 0) is 4.79 Å². The Morgan fingerprint density at radius 2 is 1.38 bits per heavy atom. The molecule has 0 saturated heterocycles. The minimum absolute atomic E-state index is 0.161. The van der Waals surface area contributed by atoms with Crippen LogP contribution >= 0.6 is 15.9 Å². The van der Waals surface area contributed by atoms with Crippen LogP contribution in [0, 0.1) is 0 Å². The molecule has 2 aromatic rings. The van der Waals surface area contributed by atoms with Gasteiger partial charge in [-0.25, -0.2) is 4.79 Å². The highest BCUT2D eigenvalue weighted by Gasteiger charge is 2.04. The van der Waals surface area contributed by atoms with Crippen molar-refractivity contribution in [3.05, 3.63) is 53.0 Å². The lowest BCUT2D eigenvalue weighted by molar-refractivity contribution is -0.114. The Morgan fingerprint density at radius 1 is 0.857 bits per heavy atom. The minimum atomic E-state index is -0.354. The Kier molecular flexibility index (Phi) is 4.94. The fraction of sp³-hybridized carbons (Fsp3) is 0.0667. The van der Waals surface area contributed by atoms with Gasteiger partial charge in [0, 0.05) is 28.5 Å². The van der Waals surface area contributed by atoms with Gasteiger partial charge in [-0.3, -0.25) is 4.79 Å². The first-order valence-electron chi connectivity index (χ1n) is 6.24. The van der Waals surface area contributed by atoms with Crippen molar-refractivity contribution in [2.24, 2.45) is 0 Å². The molecule has 0 fully saturated rings. The van der Waals surface area contributed by atoms with Gasteiger partial charge in [0.05, 0.1) is 0 Å². The highest BCUT2D eigenvalue weighted by molar-refractivity contribution is 9.10. The summed E-state index contributed by atoms with van der Waals surface area (Å²) < 4.78 is 0.882. The summed E-state index contributed by atoms with van der Waals surface area (Å²) in [6.07, 6.45) is 0. The molecule has 5 nitrogen and oxygen atoms in total. The van der Waals surface area contributed by atoms with Gasteiger partial charge in [0.1, 0.15) is 0 Å². The molecule has 0 aliphatic rings. The maximum Gasteiger partial charge on any atom is 0.323 e. The molecule has 2 aromatic carbocycles. The lowest BCUT2D eigenvalue weighted by Gasteiger charge is -2.09. The molecule has 3 amide bonds. The van der Waals surface area contributed by atoms with E-state index in [-0.39, 0.29) is 11.9 Å². The number of rotatable bonds is 3. The van der Waals surface area contributed by atoms with Crippen LogP contribution < -0.4 is 16.0 Å². The number of carbonyl (C=O) groups is 2. The Hall–Kier alpha value is -2.34. The van der Waals surface area contributed by atoms with Crippen LogP contribution in [0.4, 0.5) is 21.9 Å². The molecule has 21 heavy (non-hydrogen) atoms. The van der Waals surface area contributed by atoms with Crippen molar-refractivity contribution in [1.29, 1.82) is 0 Å². The summed E-state index contributed by atoms with van der Waals surface area (Å²) in [6.45, 7) is 1.43. The van der Waals surface area contributed by atoms with Gasteiger partial charge in [0.25, 0.3) is 0 Å². The normalized spacial score (nSPS) is 9.81. The molecule has 0 heterocycles. The largest absolute Gasteiger partial charge is 0.326 e. The lowest BCUT2D eigenvalue weighted by atomic mass is 10.2. The first-order valence-corrected chi connectivity index (χ1v) is 7.03. The maximum atomic E-state index is 11.9. The van der Waals surface area contributed by atoms with Crippen molar-refractivity contribution in [2.45, 2.75) is 6.92 Å². The maximum absolute atomic E-state index is 11.9. The Bertz CT molecular complexity index is 673. The first-order chi connectivity index (χ1) is 10.0. The van der Waals surface area contributed by atoms with E-state index >= 15 is 0 Å². The van der Waals surface area contributed by atoms with E-state index in [4.69, 9.17) is 0 Å².